The number of carbonyl (C=O) groups excluding carboxylic acids is 1. The van der Waals surface area contributed by atoms with E-state index >= 15 is 0 Å². The Morgan fingerprint density at radius 3 is 2.84 bits per heavy atom. The first-order valence-corrected chi connectivity index (χ1v) is 10.5. The summed E-state index contributed by atoms with van der Waals surface area (Å²) in [6, 6.07) is 7.12. The predicted octanol–water partition coefficient (Wildman–Crippen LogP) is 3.73. The topological polar surface area (TPSA) is 47.6 Å². The zero-order valence-corrected chi connectivity index (χ0v) is 17.7. The zero-order valence-electron chi connectivity index (χ0n) is 17.7. The fourth-order valence-electron chi connectivity index (χ4n) is 4.44. The molecule has 31 heavy (non-hydrogen) atoms. The average molecular weight is 432 g/mol. The van der Waals surface area contributed by atoms with Gasteiger partial charge in [-0.15, -0.1) is 0 Å². The first-order valence-electron chi connectivity index (χ1n) is 10.5. The first kappa shape index (κ1) is 21.5. The lowest BCUT2D eigenvalue weighted by molar-refractivity contribution is -0.116. The van der Waals surface area contributed by atoms with Crippen molar-refractivity contribution in [3.8, 4) is 0 Å². The summed E-state index contributed by atoms with van der Waals surface area (Å²) in [5.41, 5.74) is 3.06. The van der Waals surface area contributed by atoms with Crippen LogP contribution in [0.3, 0.4) is 0 Å². The third-order valence-corrected chi connectivity index (χ3v) is 6.25. The molecule has 2 aromatic rings. The van der Waals surface area contributed by atoms with E-state index in [1.54, 1.807) is 12.1 Å². The second-order valence-corrected chi connectivity index (χ2v) is 8.36. The molecule has 0 aromatic heterocycles. The van der Waals surface area contributed by atoms with Gasteiger partial charge in [0.15, 0.2) is 0 Å². The number of likely N-dealkylation sites (N-methyl/N-ethyl adjacent to an activating group) is 1. The molecule has 2 aromatic carbocycles. The van der Waals surface area contributed by atoms with Crippen molar-refractivity contribution in [1.29, 1.82) is 0 Å². The summed E-state index contributed by atoms with van der Waals surface area (Å²) in [5, 5.41) is 5.85. The number of halogens is 3. The molecule has 2 heterocycles. The smallest absolute Gasteiger partial charge is 0.247 e. The molecule has 0 bridgehead atoms. The van der Waals surface area contributed by atoms with E-state index in [0.29, 0.717) is 35.7 Å². The Balaban J connectivity index is 1.44. The highest BCUT2D eigenvalue weighted by Gasteiger charge is 2.31. The fraction of sp³-hybridized carbons (Fsp3) is 0.435. The Kier molecular flexibility index (Phi) is 6.09. The van der Waals surface area contributed by atoms with Gasteiger partial charge in [0, 0.05) is 54.7 Å². The number of carbonyl (C=O) groups is 1. The van der Waals surface area contributed by atoms with E-state index in [1.165, 1.54) is 18.2 Å². The van der Waals surface area contributed by atoms with Crippen LogP contribution in [0.5, 0.6) is 0 Å². The molecule has 2 N–H and O–H groups in total. The fourth-order valence-corrected chi connectivity index (χ4v) is 4.44. The maximum atomic E-state index is 14.3. The molecule has 1 saturated heterocycles. The van der Waals surface area contributed by atoms with E-state index in [4.69, 9.17) is 0 Å². The minimum absolute atomic E-state index is 0.205. The third-order valence-electron chi connectivity index (χ3n) is 6.25. The summed E-state index contributed by atoms with van der Waals surface area (Å²) in [6.07, 6.45) is 1.11. The lowest BCUT2D eigenvalue weighted by Gasteiger charge is -2.24. The minimum atomic E-state index is -0.622. The lowest BCUT2D eigenvalue weighted by atomic mass is 10.1. The average Bonchev–Trinajstić information content (AvgIpc) is 3.39. The van der Waals surface area contributed by atoms with Gasteiger partial charge >= 0.3 is 0 Å². The minimum Gasteiger partial charge on any atom is -0.373 e. The molecule has 1 amide bonds. The molecule has 8 heteroatoms. The predicted molar refractivity (Wildman–Crippen MR) is 117 cm³/mol. The number of benzene rings is 2. The molecular weight excluding hydrogens is 405 g/mol. The SMILES string of the molecule is Cc1ccc(F)c2c1NC(C(=O)Nc1cc(F)cc(N3CCC(N(C)CCF)C3)c1)C2. The maximum absolute atomic E-state index is 14.3. The molecule has 2 aliphatic rings. The van der Waals surface area contributed by atoms with Crippen molar-refractivity contribution in [3.05, 3.63) is 53.1 Å². The van der Waals surface area contributed by atoms with E-state index in [2.05, 4.69) is 10.6 Å². The standard InChI is InChI=1S/C23H27F3N4O/c1-14-3-4-20(26)19-12-21(28-22(14)19)23(31)27-16-9-15(25)10-18(11-16)30-7-5-17(13-30)29(2)8-6-24/h3-4,9-11,17,21,28H,5-8,12-13H2,1-2H3,(H,27,31). The Hall–Kier alpha value is -2.74. The molecule has 0 radical (unpaired) electrons. The summed E-state index contributed by atoms with van der Waals surface area (Å²) >= 11 is 0. The molecule has 2 unspecified atom stereocenters. The van der Waals surface area contributed by atoms with Crippen LogP contribution in [0, 0.1) is 18.6 Å². The van der Waals surface area contributed by atoms with Crippen LogP contribution in [0.25, 0.3) is 0 Å². The summed E-state index contributed by atoms with van der Waals surface area (Å²) < 4.78 is 41.0. The number of aryl methyl sites for hydroxylation is 1. The molecule has 2 aliphatic heterocycles. The van der Waals surface area contributed by atoms with Gasteiger partial charge in [0.05, 0.1) is 0 Å². The second kappa shape index (κ2) is 8.78. The van der Waals surface area contributed by atoms with Gasteiger partial charge in [-0.05, 0) is 50.2 Å². The second-order valence-electron chi connectivity index (χ2n) is 8.36. The van der Waals surface area contributed by atoms with Crippen molar-refractivity contribution in [2.24, 2.45) is 0 Å². The van der Waals surface area contributed by atoms with Gasteiger partial charge in [-0.2, -0.15) is 0 Å². The summed E-state index contributed by atoms with van der Waals surface area (Å²) in [7, 11) is 1.89. The van der Waals surface area contributed by atoms with Crippen LogP contribution >= 0.6 is 0 Å². The van der Waals surface area contributed by atoms with E-state index in [1.807, 2.05) is 23.8 Å². The zero-order chi connectivity index (χ0) is 22.1. The van der Waals surface area contributed by atoms with Crippen molar-refractivity contribution in [2.45, 2.75) is 31.8 Å². The van der Waals surface area contributed by atoms with Crippen LogP contribution in [0.2, 0.25) is 0 Å². The summed E-state index contributed by atoms with van der Waals surface area (Å²) in [6.45, 7) is 3.24. The van der Waals surface area contributed by atoms with E-state index in [-0.39, 0.29) is 24.2 Å². The van der Waals surface area contributed by atoms with E-state index in [0.717, 1.165) is 18.5 Å². The first-order chi connectivity index (χ1) is 14.9. The molecular formula is C23H27F3N4O. The van der Waals surface area contributed by atoms with Crippen LogP contribution in [0.1, 0.15) is 17.5 Å². The Morgan fingerprint density at radius 2 is 2.10 bits per heavy atom. The van der Waals surface area contributed by atoms with Crippen LogP contribution in [0.15, 0.2) is 30.3 Å². The number of nitrogens with zero attached hydrogens (tertiary/aromatic N) is 2. The Labute approximate surface area is 180 Å². The highest BCUT2D eigenvalue weighted by molar-refractivity contribution is 5.98. The molecule has 166 valence electrons. The quantitative estimate of drug-likeness (QED) is 0.731. The normalized spacial score (nSPS) is 20.1. The van der Waals surface area contributed by atoms with Gasteiger partial charge in [0.1, 0.15) is 24.4 Å². The lowest BCUT2D eigenvalue weighted by Crippen LogP contribution is -2.36. The molecule has 0 aliphatic carbocycles. The van der Waals surface area contributed by atoms with Crippen molar-refractivity contribution in [3.63, 3.8) is 0 Å². The van der Waals surface area contributed by atoms with Gasteiger partial charge in [0.2, 0.25) is 5.91 Å². The molecule has 1 fully saturated rings. The summed E-state index contributed by atoms with van der Waals surface area (Å²) in [5.74, 6) is -1.12. The Morgan fingerprint density at radius 1 is 1.29 bits per heavy atom. The molecule has 0 saturated carbocycles. The van der Waals surface area contributed by atoms with Gasteiger partial charge in [-0.3, -0.25) is 9.69 Å². The maximum Gasteiger partial charge on any atom is 0.247 e. The van der Waals surface area contributed by atoms with Crippen molar-refractivity contribution in [2.75, 3.05) is 48.9 Å². The van der Waals surface area contributed by atoms with Crippen LogP contribution in [-0.2, 0) is 11.2 Å². The van der Waals surface area contributed by atoms with Crippen LogP contribution in [0.4, 0.5) is 30.2 Å². The van der Waals surface area contributed by atoms with Gasteiger partial charge in [0.25, 0.3) is 0 Å². The van der Waals surface area contributed by atoms with Crippen molar-refractivity contribution < 1.29 is 18.0 Å². The largest absolute Gasteiger partial charge is 0.373 e. The van der Waals surface area contributed by atoms with Gasteiger partial charge < -0.3 is 15.5 Å². The summed E-state index contributed by atoms with van der Waals surface area (Å²) in [4.78, 5) is 16.8. The van der Waals surface area contributed by atoms with Crippen LogP contribution in [-0.4, -0.2) is 56.2 Å². The van der Waals surface area contributed by atoms with Gasteiger partial charge in [-0.1, -0.05) is 6.07 Å². The number of anilines is 3. The number of fused-ring (bicyclic) bond motifs is 1. The highest BCUT2D eigenvalue weighted by Crippen LogP contribution is 2.32. The van der Waals surface area contributed by atoms with E-state index < -0.39 is 18.5 Å². The number of amides is 1. The molecule has 4 rings (SSSR count). The van der Waals surface area contributed by atoms with Crippen molar-refractivity contribution >= 4 is 23.0 Å². The highest BCUT2D eigenvalue weighted by atomic mass is 19.1. The van der Waals surface area contributed by atoms with Crippen LogP contribution < -0.4 is 15.5 Å². The van der Waals surface area contributed by atoms with Crippen molar-refractivity contribution in [1.82, 2.24) is 4.90 Å². The van der Waals surface area contributed by atoms with Gasteiger partial charge in [-0.25, -0.2) is 13.2 Å². The number of hydrogen-bond acceptors (Lipinski definition) is 4. The number of rotatable bonds is 6. The molecule has 0 spiro atoms. The Bertz CT molecular complexity index is 953. The number of hydrogen-bond donors (Lipinski definition) is 2. The molecule has 5 nitrogen and oxygen atoms in total. The monoisotopic (exact) mass is 432 g/mol. The number of alkyl halides is 1. The molecule has 2 atom stereocenters. The number of nitrogens with one attached hydrogen (secondary N) is 2. The van der Waals surface area contributed by atoms with E-state index in [9.17, 15) is 18.0 Å². The third kappa shape index (κ3) is 4.49.